The number of likely N-dealkylation sites (N-methyl/N-ethyl adjacent to an activating group) is 1. The van der Waals surface area contributed by atoms with Crippen LogP contribution in [0, 0.1) is 0 Å². The number of hydrogen-bond donors (Lipinski definition) is 3. The van der Waals surface area contributed by atoms with Crippen molar-refractivity contribution >= 4 is 30.3 Å². The molecule has 0 unspecified atom stereocenters. The standard InChI is InChI=1S/C11H21N5O3.ClH/c1-15(5-2-9(17)14-11(12)19)8-10(18)16-6-3-13-4-7-16;/h13H,2-8H2,1H3,(H3,12,14,17,19);1H. The second kappa shape index (κ2) is 9.51. The van der Waals surface area contributed by atoms with Crippen molar-refractivity contribution in [3.8, 4) is 0 Å². The zero-order valence-electron chi connectivity index (χ0n) is 11.6. The van der Waals surface area contributed by atoms with E-state index in [9.17, 15) is 14.4 Å². The molecule has 0 spiro atoms. The van der Waals surface area contributed by atoms with Crippen molar-refractivity contribution in [3.05, 3.63) is 0 Å². The number of halogens is 1. The molecule has 116 valence electrons. The Labute approximate surface area is 124 Å². The third-order valence-corrected chi connectivity index (χ3v) is 2.86. The lowest BCUT2D eigenvalue weighted by Crippen LogP contribution is -2.49. The van der Waals surface area contributed by atoms with E-state index in [2.05, 4.69) is 5.32 Å². The van der Waals surface area contributed by atoms with E-state index in [-0.39, 0.29) is 31.3 Å². The molecule has 1 aliphatic heterocycles. The first-order valence-corrected chi connectivity index (χ1v) is 6.25. The van der Waals surface area contributed by atoms with Crippen LogP contribution in [0.3, 0.4) is 0 Å². The number of imide groups is 1. The lowest BCUT2D eigenvalue weighted by atomic mass is 10.3. The van der Waals surface area contributed by atoms with Gasteiger partial charge in [-0.2, -0.15) is 0 Å². The first kappa shape index (κ1) is 18.6. The van der Waals surface area contributed by atoms with Crippen LogP contribution < -0.4 is 16.4 Å². The minimum absolute atomic E-state index is 0. The van der Waals surface area contributed by atoms with Gasteiger partial charge in [-0.25, -0.2) is 4.79 Å². The quantitative estimate of drug-likeness (QED) is 0.564. The average molecular weight is 308 g/mol. The van der Waals surface area contributed by atoms with Gasteiger partial charge in [0.15, 0.2) is 0 Å². The minimum Gasteiger partial charge on any atom is -0.351 e. The third kappa shape index (κ3) is 7.27. The molecular formula is C11H22ClN5O3. The van der Waals surface area contributed by atoms with Crippen LogP contribution in [0.2, 0.25) is 0 Å². The Morgan fingerprint density at radius 3 is 2.45 bits per heavy atom. The summed E-state index contributed by atoms with van der Waals surface area (Å²) >= 11 is 0. The molecule has 4 N–H and O–H groups in total. The largest absolute Gasteiger partial charge is 0.351 e. The maximum Gasteiger partial charge on any atom is 0.318 e. The predicted molar refractivity (Wildman–Crippen MR) is 76.5 cm³/mol. The molecule has 1 fully saturated rings. The number of rotatable bonds is 5. The van der Waals surface area contributed by atoms with Crippen molar-refractivity contribution in [2.24, 2.45) is 5.73 Å². The molecule has 0 aromatic rings. The predicted octanol–water partition coefficient (Wildman–Crippen LogP) is -1.64. The van der Waals surface area contributed by atoms with Crippen molar-refractivity contribution < 1.29 is 14.4 Å². The van der Waals surface area contributed by atoms with Gasteiger partial charge in [0.25, 0.3) is 0 Å². The first-order valence-electron chi connectivity index (χ1n) is 6.25. The lowest BCUT2D eigenvalue weighted by molar-refractivity contribution is -0.133. The first-order chi connectivity index (χ1) is 8.99. The van der Waals surface area contributed by atoms with Gasteiger partial charge in [-0.3, -0.25) is 19.8 Å². The van der Waals surface area contributed by atoms with Crippen LogP contribution in [0.5, 0.6) is 0 Å². The van der Waals surface area contributed by atoms with Gasteiger partial charge in [-0.1, -0.05) is 0 Å². The number of carbonyl (C=O) groups excluding carboxylic acids is 3. The Bertz CT molecular complexity index is 347. The number of amides is 4. The van der Waals surface area contributed by atoms with Crippen LogP contribution in [0.25, 0.3) is 0 Å². The summed E-state index contributed by atoms with van der Waals surface area (Å²) in [5.41, 5.74) is 4.83. The molecule has 0 aromatic heterocycles. The summed E-state index contributed by atoms with van der Waals surface area (Å²) in [6.45, 7) is 3.73. The maximum atomic E-state index is 11.9. The Balaban J connectivity index is 0.00000361. The highest BCUT2D eigenvalue weighted by molar-refractivity contribution is 5.93. The van der Waals surface area contributed by atoms with E-state index in [1.54, 1.807) is 16.8 Å². The van der Waals surface area contributed by atoms with Crippen molar-refractivity contribution in [2.75, 3.05) is 46.3 Å². The molecule has 0 aromatic carbocycles. The zero-order valence-corrected chi connectivity index (χ0v) is 12.4. The molecule has 0 saturated carbocycles. The summed E-state index contributed by atoms with van der Waals surface area (Å²) in [4.78, 5) is 37.1. The van der Waals surface area contributed by atoms with E-state index >= 15 is 0 Å². The van der Waals surface area contributed by atoms with Gasteiger partial charge in [0, 0.05) is 39.1 Å². The molecule has 0 atom stereocenters. The number of primary amides is 1. The van der Waals surface area contributed by atoms with E-state index in [4.69, 9.17) is 5.73 Å². The van der Waals surface area contributed by atoms with Gasteiger partial charge < -0.3 is 16.0 Å². The van der Waals surface area contributed by atoms with Crippen LogP contribution in [0.1, 0.15) is 6.42 Å². The minimum atomic E-state index is -0.857. The fourth-order valence-electron chi connectivity index (χ4n) is 1.82. The summed E-state index contributed by atoms with van der Waals surface area (Å²) in [5, 5.41) is 5.16. The van der Waals surface area contributed by atoms with E-state index in [0.29, 0.717) is 6.54 Å². The fraction of sp³-hybridized carbons (Fsp3) is 0.727. The number of nitrogens with one attached hydrogen (secondary N) is 2. The molecule has 20 heavy (non-hydrogen) atoms. The van der Waals surface area contributed by atoms with Gasteiger partial charge >= 0.3 is 6.03 Å². The highest BCUT2D eigenvalue weighted by Crippen LogP contribution is 1.96. The van der Waals surface area contributed by atoms with Gasteiger partial charge in [-0.05, 0) is 7.05 Å². The van der Waals surface area contributed by atoms with E-state index in [1.165, 1.54) is 0 Å². The van der Waals surface area contributed by atoms with E-state index < -0.39 is 11.9 Å². The average Bonchev–Trinajstić information content (AvgIpc) is 2.36. The van der Waals surface area contributed by atoms with Crippen LogP contribution in [0.15, 0.2) is 0 Å². The van der Waals surface area contributed by atoms with E-state index in [1.807, 2.05) is 5.32 Å². The number of hydrogen-bond acceptors (Lipinski definition) is 5. The monoisotopic (exact) mass is 307 g/mol. The smallest absolute Gasteiger partial charge is 0.318 e. The number of nitrogens with zero attached hydrogens (tertiary/aromatic N) is 2. The van der Waals surface area contributed by atoms with Crippen molar-refractivity contribution in [1.29, 1.82) is 0 Å². The Kier molecular flexibility index (Phi) is 8.86. The normalized spacial score (nSPS) is 14.6. The molecule has 1 saturated heterocycles. The molecule has 1 heterocycles. The second-order valence-electron chi connectivity index (χ2n) is 4.53. The molecule has 4 amide bonds. The lowest BCUT2D eigenvalue weighted by Gasteiger charge is -2.29. The van der Waals surface area contributed by atoms with Crippen LogP contribution >= 0.6 is 12.4 Å². The van der Waals surface area contributed by atoms with Crippen molar-refractivity contribution in [2.45, 2.75) is 6.42 Å². The SMILES string of the molecule is CN(CCC(=O)NC(N)=O)CC(=O)N1CCNCC1.Cl. The molecule has 0 bridgehead atoms. The number of urea groups is 1. The summed E-state index contributed by atoms with van der Waals surface area (Å²) in [5.74, 6) is -0.381. The van der Waals surface area contributed by atoms with E-state index in [0.717, 1.165) is 26.2 Å². The molecule has 0 aliphatic carbocycles. The Morgan fingerprint density at radius 1 is 1.30 bits per heavy atom. The van der Waals surface area contributed by atoms with Crippen molar-refractivity contribution in [3.63, 3.8) is 0 Å². The number of nitrogens with two attached hydrogens (primary N) is 1. The topological polar surface area (TPSA) is 108 Å². The summed E-state index contributed by atoms with van der Waals surface area (Å²) in [7, 11) is 1.76. The van der Waals surface area contributed by atoms with Crippen LogP contribution in [0.4, 0.5) is 4.79 Å². The van der Waals surface area contributed by atoms with Crippen LogP contribution in [-0.4, -0.2) is 74.0 Å². The number of piperazine rings is 1. The summed E-state index contributed by atoms with van der Waals surface area (Å²) < 4.78 is 0. The maximum absolute atomic E-state index is 11.9. The zero-order chi connectivity index (χ0) is 14.3. The molecule has 8 nitrogen and oxygen atoms in total. The molecule has 9 heteroatoms. The Morgan fingerprint density at radius 2 is 1.90 bits per heavy atom. The number of carbonyl (C=O) groups is 3. The molecule has 1 aliphatic rings. The van der Waals surface area contributed by atoms with Gasteiger partial charge in [0.2, 0.25) is 11.8 Å². The van der Waals surface area contributed by atoms with Crippen molar-refractivity contribution in [1.82, 2.24) is 20.4 Å². The Hall–Kier alpha value is -1.38. The van der Waals surface area contributed by atoms with Gasteiger partial charge in [-0.15, -0.1) is 12.4 Å². The van der Waals surface area contributed by atoms with Gasteiger partial charge in [0.05, 0.1) is 6.54 Å². The highest BCUT2D eigenvalue weighted by Gasteiger charge is 2.17. The second-order valence-corrected chi connectivity index (χ2v) is 4.53. The third-order valence-electron chi connectivity index (χ3n) is 2.86. The fourth-order valence-corrected chi connectivity index (χ4v) is 1.82. The molecule has 1 rings (SSSR count). The summed E-state index contributed by atoms with van der Waals surface area (Å²) in [6.07, 6.45) is 0.133. The summed E-state index contributed by atoms with van der Waals surface area (Å²) in [6, 6.07) is -0.857. The van der Waals surface area contributed by atoms with Crippen LogP contribution in [-0.2, 0) is 9.59 Å². The van der Waals surface area contributed by atoms with Gasteiger partial charge in [0.1, 0.15) is 0 Å². The highest BCUT2D eigenvalue weighted by atomic mass is 35.5. The molecule has 0 radical (unpaired) electrons. The molecular weight excluding hydrogens is 286 g/mol.